The summed E-state index contributed by atoms with van der Waals surface area (Å²) in [6.45, 7) is 5.78. The zero-order valence-electron chi connectivity index (χ0n) is 18.4. The van der Waals surface area contributed by atoms with E-state index in [4.69, 9.17) is 14.2 Å². The molecule has 0 saturated carbocycles. The second kappa shape index (κ2) is 8.79. The van der Waals surface area contributed by atoms with Crippen LogP contribution in [0, 0.1) is 0 Å². The van der Waals surface area contributed by atoms with Crippen molar-refractivity contribution in [1.82, 2.24) is 4.90 Å². The Hall–Kier alpha value is -2.73. The minimum absolute atomic E-state index is 0.0173. The van der Waals surface area contributed by atoms with E-state index in [1.807, 2.05) is 45.0 Å². The van der Waals surface area contributed by atoms with Crippen LogP contribution in [0.25, 0.3) is 0 Å². The zero-order valence-corrected chi connectivity index (χ0v) is 18.4. The average molecular weight is 426 g/mol. The number of carbonyl (C=O) groups is 1. The van der Waals surface area contributed by atoms with Crippen molar-refractivity contribution < 1.29 is 24.1 Å². The number of hydrogen-bond acceptors (Lipinski definition) is 5. The molecule has 0 aliphatic carbocycles. The molecule has 0 aromatic heterocycles. The Bertz CT molecular complexity index is 908. The molecule has 166 valence electrons. The van der Waals surface area contributed by atoms with Gasteiger partial charge in [-0.2, -0.15) is 0 Å². The predicted molar refractivity (Wildman–Crippen MR) is 117 cm³/mol. The smallest absolute Gasteiger partial charge is 0.410 e. The molecule has 1 N–H and O–H groups in total. The second-order valence-corrected chi connectivity index (χ2v) is 9.27. The van der Waals surface area contributed by atoms with E-state index in [0.717, 1.165) is 19.3 Å². The number of likely N-dealkylation sites (tertiary alicyclic amines) is 1. The van der Waals surface area contributed by atoms with Gasteiger partial charge in [0, 0.05) is 6.04 Å². The van der Waals surface area contributed by atoms with Gasteiger partial charge < -0.3 is 19.3 Å². The number of aryl methyl sites for hydroxylation is 1. The first-order valence-corrected chi connectivity index (χ1v) is 10.9. The van der Waals surface area contributed by atoms with E-state index in [9.17, 15) is 9.90 Å². The lowest BCUT2D eigenvalue weighted by Crippen LogP contribution is -2.46. The fourth-order valence-electron chi connectivity index (χ4n) is 4.40. The van der Waals surface area contributed by atoms with Crippen molar-refractivity contribution in [3.8, 4) is 11.5 Å². The summed E-state index contributed by atoms with van der Waals surface area (Å²) in [5.41, 5.74) is 1.36. The number of fused-ring (bicyclic) bond motifs is 1. The zero-order chi connectivity index (χ0) is 22.0. The molecule has 1 amide bonds. The molecule has 0 spiro atoms. The summed E-state index contributed by atoms with van der Waals surface area (Å²) >= 11 is 0. The van der Waals surface area contributed by atoms with Gasteiger partial charge in [-0.05, 0) is 69.7 Å². The number of aliphatic hydroxyl groups excluding tert-OH is 1. The number of nitrogens with zero attached hydrogens (tertiary/aromatic N) is 1. The lowest BCUT2D eigenvalue weighted by atomic mass is 10.00. The Labute approximate surface area is 183 Å². The molecule has 2 heterocycles. The Kier molecular flexibility index (Phi) is 6.10. The highest BCUT2D eigenvalue weighted by Crippen LogP contribution is 2.39. The predicted octanol–water partition coefficient (Wildman–Crippen LogP) is 4.85. The number of carbonyl (C=O) groups excluding carboxylic acids is 1. The summed E-state index contributed by atoms with van der Waals surface area (Å²) in [6.07, 6.45) is 2.05. The summed E-state index contributed by atoms with van der Waals surface area (Å²) in [5.74, 6) is 1.30. The molecule has 2 aliphatic heterocycles. The number of benzene rings is 2. The number of ether oxygens (including phenoxy) is 3. The van der Waals surface area contributed by atoms with Gasteiger partial charge in [-0.15, -0.1) is 0 Å². The number of amides is 1. The highest BCUT2D eigenvalue weighted by molar-refractivity contribution is 5.69. The molecule has 0 radical (unpaired) electrons. The first-order chi connectivity index (χ1) is 14.8. The minimum Gasteiger partial charge on any atom is -0.454 e. The SMILES string of the molecule is CC(C)(C)OC(=O)N1C(CCc2ccccc2)CCC1C(O)c1ccc2c(c1)OCO2. The number of hydrogen-bond donors (Lipinski definition) is 1. The summed E-state index contributed by atoms with van der Waals surface area (Å²) < 4.78 is 16.6. The third kappa shape index (κ3) is 4.96. The molecular weight excluding hydrogens is 394 g/mol. The van der Waals surface area contributed by atoms with Gasteiger partial charge in [0.15, 0.2) is 11.5 Å². The van der Waals surface area contributed by atoms with Crippen LogP contribution in [0.15, 0.2) is 48.5 Å². The third-order valence-electron chi connectivity index (χ3n) is 5.86. The van der Waals surface area contributed by atoms with E-state index in [0.29, 0.717) is 23.5 Å². The highest BCUT2D eigenvalue weighted by atomic mass is 16.7. The lowest BCUT2D eigenvalue weighted by Gasteiger charge is -2.35. The fourth-order valence-corrected chi connectivity index (χ4v) is 4.40. The molecule has 2 aromatic rings. The van der Waals surface area contributed by atoms with Crippen LogP contribution in [0.1, 0.15) is 57.3 Å². The van der Waals surface area contributed by atoms with Crippen LogP contribution in [0.4, 0.5) is 4.79 Å². The van der Waals surface area contributed by atoms with E-state index in [-0.39, 0.29) is 25.0 Å². The Morgan fingerprint density at radius 2 is 1.87 bits per heavy atom. The molecule has 4 rings (SSSR count). The molecule has 3 unspecified atom stereocenters. The summed E-state index contributed by atoms with van der Waals surface area (Å²) in [7, 11) is 0. The topological polar surface area (TPSA) is 68.2 Å². The van der Waals surface area contributed by atoms with Crippen molar-refractivity contribution in [2.24, 2.45) is 0 Å². The Morgan fingerprint density at radius 1 is 1.13 bits per heavy atom. The van der Waals surface area contributed by atoms with Gasteiger partial charge in [0.2, 0.25) is 6.79 Å². The molecule has 6 heteroatoms. The molecule has 3 atom stereocenters. The van der Waals surface area contributed by atoms with E-state index < -0.39 is 11.7 Å². The largest absolute Gasteiger partial charge is 0.454 e. The van der Waals surface area contributed by atoms with Crippen molar-refractivity contribution in [2.75, 3.05) is 6.79 Å². The quantitative estimate of drug-likeness (QED) is 0.742. The van der Waals surface area contributed by atoms with Gasteiger partial charge >= 0.3 is 6.09 Å². The van der Waals surface area contributed by atoms with E-state index in [1.54, 1.807) is 17.0 Å². The first kappa shape index (κ1) is 21.5. The van der Waals surface area contributed by atoms with E-state index >= 15 is 0 Å². The average Bonchev–Trinajstić information content (AvgIpc) is 3.37. The standard InChI is InChI=1S/C25H31NO5/c1-25(2,3)31-24(28)26-19(11-9-17-7-5-4-6-8-17)12-13-20(26)23(27)18-10-14-21-22(15-18)30-16-29-21/h4-8,10,14-15,19-20,23,27H,9,11-13,16H2,1-3H3. The normalized spacial score (nSPS) is 21.2. The maximum atomic E-state index is 13.2. The molecular formula is C25H31NO5. The monoisotopic (exact) mass is 425 g/mol. The van der Waals surface area contributed by atoms with Gasteiger partial charge in [0.05, 0.1) is 12.1 Å². The van der Waals surface area contributed by atoms with Crippen molar-refractivity contribution in [3.63, 3.8) is 0 Å². The van der Waals surface area contributed by atoms with E-state index in [2.05, 4.69) is 12.1 Å². The van der Waals surface area contributed by atoms with Crippen LogP contribution in [-0.4, -0.2) is 40.6 Å². The number of rotatable bonds is 5. The Balaban J connectivity index is 1.54. The highest BCUT2D eigenvalue weighted by Gasteiger charge is 2.42. The Morgan fingerprint density at radius 3 is 2.61 bits per heavy atom. The maximum Gasteiger partial charge on any atom is 0.410 e. The van der Waals surface area contributed by atoms with Crippen molar-refractivity contribution in [1.29, 1.82) is 0 Å². The second-order valence-electron chi connectivity index (χ2n) is 9.27. The van der Waals surface area contributed by atoms with Crippen LogP contribution in [0.2, 0.25) is 0 Å². The van der Waals surface area contributed by atoms with Crippen LogP contribution in [-0.2, 0) is 11.2 Å². The minimum atomic E-state index is -0.830. The maximum absolute atomic E-state index is 13.2. The third-order valence-corrected chi connectivity index (χ3v) is 5.86. The van der Waals surface area contributed by atoms with Crippen LogP contribution >= 0.6 is 0 Å². The lowest BCUT2D eigenvalue weighted by molar-refractivity contribution is -0.00532. The van der Waals surface area contributed by atoms with Crippen molar-refractivity contribution >= 4 is 6.09 Å². The summed E-state index contributed by atoms with van der Waals surface area (Å²) in [4.78, 5) is 14.9. The van der Waals surface area contributed by atoms with Crippen molar-refractivity contribution in [3.05, 3.63) is 59.7 Å². The van der Waals surface area contributed by atoms with Crippen LogP contribution in [0.3, 0.4) is 0 Å². The van der Waals surface area contributed by atoms with Gasteiger partial charge in [0.25, 0.3) is 0 Å². The molecule has 1 fully saturated rings. The molecule has 31 heavy (non-hydrogen) atoms. The fraction of sp³-hybridized carbons (Fsp3) is 0.480. The first-order valence-electron chi connectivity index (χ1n) is 10.9. The van der Waals surface area contributed by atoms with Gasteiger partial charge in [0.1, 0.15) is 5.60 Å². The van der Waals surface area contributed by atoms with E-state index in [1.165, 1.54) is 5.56 Å². The molecule has 2 aliphatic rings. The van der Waals surface area contributed by atoms with Gasteiger partial charge in [-0.1, -0.05) is 36.4 Å². The van der Waals surface area contributed by atoms with Crippen LogP contribution < -0.4 is 9.47 Å². The molecule has 2 aromatic carbocycles. The summed E-state index contributed by atoms with van der Waals surface area (Å²) in [5, 5.41) is 11.2. The molecule has 0 bridgehead atoms. The van der Waals surface area contributed by atoms with Gasteiger partial charge in [-0.3, -0.25) is 4.90 Å². The van der Waals surface area contributed by atoms with Gasteiger partial charge in [-0.25, -0.2) is 4.79 Å². The van der Waals surface area contributed by atoms with Crippen LogP contribution in [0.5, 0.6) is 11.5 Å². The summed E-state index contributed by atoms with van der Waals surface area (Å²) in [6, 6.07) is 15.4. The number of aliphatic hydroxyl groups is 1. The van der Waals surface area contributed by atoms with Crippen molar-refractivity contribution in [2.45, 2.75) is 70.2 Å². The molecule has 1 saturated heterocycles. The molecule has 6 nitrogen and oxygen atoms in total.